The fourth-order valence-corrected chi connectivity index (χ4v) is 4.90. The van der Waals surface area contributed by atoms with E-state index in [4.69, 9.17) is 0 Å². The SMILES string of the molecule is CCC(O)CNC(=O)NC12CC3CC(CC(C3)C1)C2. The molecule has 19 heavy (non-hydrogen) atoms. The standard InChI is InChI=1S/C15H26N2O2/c1-2-13(18)9-16-14(19)17-15-6-10-3-11(7-15)5-12(4-10)8-15/h10-13,18H,2-9H2,1H3,(H2,16,17,19). The summed E-state index contributed by atoms with van der Waals surface area (Å²) < 4.78 is 0. The Morgan fingerprint density at radius 3 is 2.21 bits per heavy atom. The van der Waals surface area contributed by atoms with Crippen LogP contribution in [-0.2, 0) is 0 Å². The van der Waals surface area contributed by atoms with Crippen LogP contribution >= 0.6 is 0 Å². The number of rotatable bonds is 4. The number of carbonyl (C=O) groups excluding carboxylic acids is 1. The highest BCUT2D eigenvalue weighted by atomic mass is 16.3. The van der Waals surface area contributed by atoms with Crippen LogP contribution in [0.4, 0.5) is 4.79 Å². The summed E-state index contributed by atoms with van der Waals surface area (Å²) in [5.74, 6) is 2.52. The van der Waals surface area contributed by atoms with E-state index in [1.54, 1.807) is 0 Å². The van der Waals surface area contributed by atoms with Gasteiger partial charge in [-0.3, -0.25) is 0 Å². The first-order chi connectivity index (χ1) is 9.08. The van der Waals surface area contributed by atoms with Crippen LogP contribution in [0.15, 0.2) is 0 Å². The van der Waals surface area contributed by atoms with Crippen molar-refractivity contribution in [3.05, 3.63) is 0 Å². The van der Waals surface area contributed by atoms with E-state index in [1.165, 1.54) is 38.5 Å². The average molecular weight is 266 g/mol. The Bertz CT molecular complexity index is 321. The number of urea groups is 1. The molecule has 1 unspecified atom stereocenters. The zero-order valence-corrected chi connectivity index (χ0v) is 11.8. The van der Waals surface area contributed by atoms with Gasteiger partial charge < -0.3 is 15.7 Å². The van der Waals surface area contributed by atoms with Gasteiger partial charge in [-0.05, 0) is 62.7 Å². The highest BCUT2D eigenvalue weighted by molar-refractivity contribution is 5.74. The quantitative estimate of drug-likeness (QED) is 0.729. The zero-order valence-electron chi connectivity index (χ0n) is 11.8. The number of aliphatic hydroxyl groups excluding tert-OH is 1. The van der Waals surface area contributed by atoms with Gasteiger partial charge in [0.1, 0.15) is 0 Å². The van der Waals surface area contributed by atoms with Crippen LogP contribution < -0.4 is 10.6 Å². The minimum absolute atomic E-state index is 0.0655. The van der Waals surface area contributed by atoms with Gasteiger partial charge >= 0.3 is 6.03 Å². The molecule has 3 N–H and O–H groups in total. The van der Waals surface area contributed by atoms with Crippen LogP contribution in [0.5, 0.6) is 0 Å². The number of hydrogen-bond donors (Lipinski definition) is 3. The molecule has 0 aliphatic heterocycles. The predicted octanol–water partition coefficient (Wildman–Crippen LogP) is 2.03. The summed E-state index contributed by atoms with van der Waals surface area (Å²) in [4.78, 5) is 12.0. The van der Waals surface area contributed by atoms with E-state index in [9.17, 15) is 9.90 Å². The maximum absolute atomic E-state index is 12.0. The topological polar surface area (TPSA) is 61.4 Å². The minimum Gasteiger partial charge on any atom is -0.391 e. The van der Waals surface area contributed by atoms with Gasteiger partial charge in [-0.15, -0.1) is 0 Å². The van der Waals surface area contributed by atoms with E-state index in [0.29, 0.717) is 13.0 Å². The average Bonchev–Trinajstić information content (AvgIpc) is 2.33. The maximum atomic E-state index is 12.0. The van der Waals surface area contributed by atoms with Crippen molar-refractivity contribution in [3.63, 3.8) is 0 Å². The Labute approximate surface area is 115 Å². The Balaban J connectivity index is 1.56. The van der Waals surface area contributed by atoms with Crippen molar-refractivity contribution in [3.8, 4) is 0 Å². The van der Waals surface area contributed by atoms with Crippen LogP contribution in [0.1, 0.15) is 51.9 Å². The predicted molar refractivity (Wildman–Crippen MR) is 73.7 cm³/mol. The normalized spacial score (nSPS) is 41.1. The lowest BCUT2D eigenvalue weighted by molar-refractivity contribution is -0.0136. The van der Waals surface area contributed by atoms with Crippen LogP contribution in [0.2, 0.25) is 0 Å². The Hall–Kier alpha value is -0.770. The molecule has 108 valence electrons. The lowest BCUT2D eigenvalue weighted by atomic mass is 9.53. The first-order valence-corrected chi connectivity index (χ1v) is 7.82. The molecule has 0 saturated heterocycles. The molecular weight excluding hydrogens is 240 g/mol. The number of nitrogens with one attached hydrogen (secondary N) is 2. The molecule has 0 aromatic rings. The summed E-state index contributed by atoms with van der Waals surface area (Å²) in [6, 6.07) is -0.0885. The molecule has 4 bridgehead atoms. The van der Waals surface area contributed by atoms with E-state index in [0.717, 1.165) is 17.8 Å². The second kappa shape index (κ2) is 4.97. The summed E-state index contributed by atoms with van der Waals surface area (Å²) in [7, 11) is 0. The lowest BCUT2D eigenvalue weighted by Crippen LogP contribution is -2.61. The van der Waals surface area contributed by atoms with Crippen molar-refractivity contribution < 1.29 is 9.90 Å². The van der Waals surface area contributed by atoms with Gasteiger partial charge in [-0.2, -0.15) is 0 Å². The van der Waals surface area contributed by atoms with E-state index in [1.807, 2.05) is 6.92 Å². The molecular formula is C15H26N2O2. The van der Waals surface area contributed by atoms with Crippen molar-refractivity contribution in [1.82, 2.24) is 10.6 Å². The summed E-state index contributed by atoms with van der Waals surface area (Å²) in [6.07, 6.45) is 7.92. The molecule has 4 aliphatic carbocycles. The Morgan fingerprint density at radius 1 is 1.21 bits per heavy atom. The van der Waals surface area contributed by atoms with Crippen molar-refractivity contribution >= 4 is 6.03 Å². The third kappa shape index (κ3) is 2.73. The molecule has 2 amide bonds. The largest absolute Gasteiger partial charge is 0.391 e. The van der Waals surface area contributed by atoms with Gasteiger partial charge in [-0.25, -0.2) is 4.79 Å². The molecule has 4 fully saturated rings. The van der Waals surface area contributed by atoms with Crippen LogP contribution in [0, 0.1) is 17.8 Å². The smallest absolute Gasteiger partial charge is 0.315 e. The van der Waals surface area contributed by atoms with Gasteiger partial charge in [0.15, 0.2) is 0 Å². The summed E-state index contributed by atoms with van der Waals surface area (Å²) in [5, 5.41) is 15.5. The molecule has 4 rings (SSSR count). The number of amides is 2. The number of hydrogen-bond acceptors (Lipinski definition) is 2. The van der Waals surface area contributed by atoms with Crippen molar-refractivity contribution in [1.29, 1.82) is 0 Å². The van der Waals surface area contributed by atoms with Gasteiger partial charge in [0, 0.05) is 12.1 Å². The number of aliphatic hydroxyl groups is 1. The second-order valence-corrected chi connectivity index (χ2v) is 7.09. The molecule has 4 heteroatoms. The highest BCUT2D eigenvalue weighted by Gasteiger charge is 2.51. The molecule has 4 saturated carbocycles. The van der Waals surface area contributed by atoms with Gasteiger partial charge in [0.2, 0.25) is 0 Å². The molecule has 0 aromatic carbocycles. The van der Waals surface area contributed by atoms with Crippen molar-refractivity contribution in [2.75, 3.05) is 6.54 Å². The van der Waals surface area contributed by atoms with E-state index < -0.39 is 6.10 Å². The monoisotopic (exact) mass is 266 g/mol. The summed E-state index contributed by atoms with van der Waals surface area (Å²) in [6.45, 7) is 2.28. The zero-order chi connectivity index (χ0) is 13.5. The second-order valence-electron chi connectivity index (χ2n) is 7.09. The Kier molecular flexibility index (Phi) is 3.46. The third-order valence-corrected chi connectivity index (χ3v) is 5.39. The molecule has 0 radical (unpaired) electrons. The highest BCUT2D eigenvalue weighted by Crippen LogP contribution is 2.55. The van der Waals surface area contributed by atoms with Crippen molar-refractivity contribution in [2.45, 2.75) is 63.5 Å². The Morgan fingerprint density at radius 2 is 1.74 bits per heavy atom. The molecule has 1 atom stereocenters. The summed E-state index contributed by atoms with van der Waals surface area (Å²) in [5.41, 5.74) is 0.0655. The first-order valence-electron chi connectivity index (χ1n) is 7.82. The van der Waals surface area contributed by atoms with E-state index in [2.05, 4.69) is 10.6 Å². The summed E-state index contributed by atoms with van der Waals surface area (Å²) >= 11 is 0. The van der Waals surface area contributed by atoms with E-state index >= 15 is 0 Å². The molecule has 4 nitrogen and oxygen atoms in total. The number of carbonyl (C=O) groups is 1. The fourth-order valence-electron chi connectivity index (χ4n) is 4.90. The van der Waals surface area contributed by atoms with Crippen LogP contribution in [0.3, 0.4) is 0 Å². The lowest BCUT2D eigenvalue weighted by Gasteiger charge is -2.56. The van der Waals surface area contributed by atoms with Crippen LogP contribution in [-0.4, -0.2) is 29.3 Å². The van der Waals surface area contributed by atoms with Gasteiger partial charge in [0.25, 0.3) is 0 Å². The fraction of sp³-hybridized carbons (Fsp3) is 0.933. The third-order valence-electron chi connectivity index (χ3n) is 5.39. The van der Waals surface area contributed by atoms with Gasteiger partial charge in [-0.1, -0.05) is 6.92 Å². The molecule has 0 spiro atoms. The molecule has 4 aliphatic rings. The molecule has 0 aromatic heterocycles. The minimum atomic E-state index is -0.429. The molecule has 0 heterocycles. The van der Waals surface area contributed by atoms with Crippen LogP contribution in [0.25, 0.3) is 0 Å². The van der Waals surface area contributed by atoms with Gasteiger partial charge in [0.05, 0.1) is 6.10 Å². The van der Waals surface area contributed by atoms with Crippen molar-refractivity contribution in [2.24, 2.45) is 17.8 Å². The van der Waals surface area contributed by atoms with E-state index in [-0.39, 0.29) is 11.6 Å². The maximum Gasteiger partial charge on any atom is 0.315 e. The first kappa shape index (κ1) is 13.2.